The number of ether oxygens (including phenoxy) is 1. The third-order valence-electron chi connectivity index (χ3n) is 3.49. The van der Waals surface area contributed by atoms with Gasteiger partial charge in [0.1, 0.15) is 11.6 Å². The van der Waals surface area contributed by atoms with Gasteiger partial charge in [0, 0.05) is 6.04 Å². The van der Waals surface area contributed by atoms with E-state index in [0.29, 0.717) is 11.1 Å². The molecule has 0 aliphatic rings. The van der Waals surface area contributed by atoms with Gasteiger partial charge in [0.25, 0.3) is 0 Å². The van der Waals surface area contributed by atoms with Crippen molar-refractivity contribution in [2.45, 2.75) is 31.1 Å². The maximum Gasteiger partial charge on any atom is 0.461 e. The summed E-state index contributed by atoms with van der Waals surface area (Å²) in [6.45, 7) is 0. The minimum atomic E-state index is -4.60. The number of benzene rings is 2. The average Bonchev–Trinajstić information content (AvgIpc) is 2.54. The summed E-state index contributed by atoms with van der Waals surface area (Å²) < 4.78 is 67.1. The van der Waals surface area contributed by atoms with Gasteiger partial charge in [0.05, 0.1) is 6.10 Å². The van der Waals surface area contributed by atoms with Crippen LogP contribution in [0.25, 0.3) is 0 Å². The van der Waals surface area contributed by atoms with Crippen molar-refractivity contribution in [2.75, 3.05) is 0 Å². The first-order valence-electron chi connectivity index (χ1n) is 7.32. The minimum absolute atomic E-state index is 0.0655. The molecule has 0 aromatic heterocycles. The van der Waals surface area contributed by atoms with Crippen molar-refractivity contribution in [3.05, 3.63) is 65.5 Å². The fourth-order valence-corrected chi connectivity index (χ4v) is 2.23. The Bertz CT molecular complexity index is 694. The van der Waals surface area contributed by atoms with Crippen molar-refractivity contribution in [3.8, 4) is 5.75 Å². The van der Waals surface area contributed by atoms with E-state index in [9.17, 15) is 27.1 Å². The molecule has 2 aromatic carbocycles. The highest BCUT2D eigenvalue weighted by atomic mass is 19.3. The lowest BCUT2D eigenvalue weighted by Gasteiger charge is -2.20. The fourth-order valence-electron chi connectivity index (χ4n) is 2.23. The van der Waals surface area contributed by atoms with Crippen LogP contribution >= 0.6 is 0 Å². The Morgan fingerprint density at radius 1 is 1.08 bits per heavy atom. The number of halogens is 5. The van der Waals surface area contributed by atoms with Gasteiger partial charge in [-0.2, -0.15) is 17.6 Å². The first-order valence-corrected chi connectivity index (χ1v) is 7.32. The van der Waals surface area contributed by atoms with Crippen molar-refractivity contribution in [1.29, 1.82) is 0 Å². The molecule has 2 unspecified atom stereocenters. The Balaban J connectivity index is 2.07. The smallest absolute Gasteiger partial charge is 0.428 e. The summed E-state index contributed by atoms with van der Waals surface area (Å²) in [5.41, 5.74) is 6.70. The van der Waals surface area contributed by atoms with E-state index in [2.05, 4.69) is 4.74 Å². The third kappa shape index (κ3) is 5.14. The third-order valence-corrected chi connectivity index (χ3v) is 3.49. The van der Waals surface area contributed by atoms with E-state index in [1.165, 1.54) is 36.4 Å². The molecule has 25 heavy (non-hydrogen) atoms. The maximum absolute atomic E-state index is 12.9. The van der Waals surface area contributed by atoms with Crippen LogP contribution in [0.2, 0.25) is 0 Å². The maximum atomic E-state index is 12.9. The second-order valence-electron chi connectivity index (χ2n) is 5.48. The van der Waals surface area contributed by atoms with Gasteiger partial charge >= 0.3 is 12.5 Å². The van der Waals surface area contributed by atoms with Gasteiger partial charge in [-0.25, -0.2) is 4.39 Å². The molecule has 3 nitrogen and oxygen atoms in total. The summed E-state index contributed by atoms with van der Waals surface area (Å²) >= 11 is 0. The summed E-state index contributed by atoms with van der Waals surface area (Å²) in [6.07, 6.45) is -9.61. The molecular formula is C17H16F5NO2. The standard InChI is InChI=1S/C17H16F5NO2/c18-12-6-4-11(5-7-12)15(24)14(23)9-10-2-1-3-13(8-10)25-17(21,22)16(19)20/h1-8,14-16,24H,9,23H2. The Kier molecular flexibility index (Phi) is 5.97. The highest BCUT2D eigenvalue weighted by Gasteiger charge is 2.43. The van der Waals surface area contributed by atoms with E-state index < -0.39 is 36.2 Å². The van der Waals surface area contributed by atoms with Crippen LogP contribution in [0.1, 0.15) is 17.2 Å². The molecule has 0 aliphatic carbocycles. The van der Waals surface area contributed by atoms with Crippen molar-refractivity contribution in [2.24, 2.45) is 5.73 Å². The summed E-state index contributed by atoms with van der Waals surface area (Å²) in [5, 5.41) is 10.2. The van der Waals surface area contributed by atoms with Gasteiger partial charge in [-0.05, 0) is 41.8 Å². The molecule has 0 saturated carbocycles. The second-order valence-corrected chi connectivity index (χ2v) is 5.48. The van der Waals surface area contributed by atoms with Crippen molar-refractivity contribution < 1.29 is 31.8 Å². The normalized spacial score (nSPS) is 14.4. The molecule has 8 heteroatoms. The van der Waals surface area contributed by atoms with Gasteiger partial charge in [-0.1, -0.05) is 24.3 Å². The Morgan fingerprint density at radius 2 is 1.72 bits per heavy atom. The Morgan fingerprint density at radius 3 is 2.32 bits per heavy atom. The topological polar surface area (TPSA) is 55.5 Å². The zero-order valence-corrected chi connectivity index (χ0v) is 12.9. The molecule has 2 aromatic rings. The van der Waals surface area contributed by atoms with Gasteiger partial charge in [0.15, 0.2) is 0 Å². The number of rotatable bonds is 7. The number of nitrogens with two attached hydrogens (primary N) is 1. The molecule has 2 atom stereocenters. The number of hydrogen-bond acceptors (Lipinski definition) is 3. The summed E-state index contributed by atoms with van der Waals surface area (Å²) in [6, 6.07) is 9.42. The van der Waals surface area contributed by atoms with Crippen LogP contribution in [-0.4, -0.2) is 23.7 Å². The van der Waals surface area contributed by atoms with E-state index >= 15 is 0 Å². The zero-order valence-electron chi connectivity index (χ0n) is 12.9. The van der Waals surface area contributed by atoms with Crippen molar-refractivity contribution in [3.63, 3.8) is 0 Å². The molecule has 0 aliphatic heterocycles. The number of aliphatic hydroxyl groups is 1. The van der Waals surface area contributed by atoms with Crippen LogP contribution in [0, 0.1) is 5.82 Å². The second kappa shape index (κ2) is 7.79. The van der Waals surface area contributed by atoms with Crippen LogP contribution in [0.15, 0.2) is 48.5 Å². The fraction of sp³-hybridized carbons (Fsp3) is 0.294. The molecule has 0 bridgehead atoms. The highest BCUT2D eigenvalue weighted by Crippen LogP contribution is 2.28. The molecule has 0 amide bonds. The first-order chi connectivity index (χ1) is 11.7. The van der Waals surface area contributed by atoms with Crippen LogP contribution < -0.4 is 10.5 Å². The molecule has 0 saturated heterocycles. The average molecular weight is 361 g/mol. The quantitative estimate of drug-likeness (QED) is 0.740. The Hall–Kier alpha value is -2.19. The summed E-state index contributed by atoms with van der Waals surface area (Å²) in [4.78, 5) is 0. The van der Waals surface area contributed by atoms with Crippen molar-refractivity contribution >= 4 is 0 Å². The number of alkyl halides is 4. The highest BCUT2D eigenvalue weighted by molar-refractivity contribution is 5.30. The van der Waals surface area contributed by atoms with Gasteiger partial charge in [-0.3, -0.25) is 0 Å². The first kappa shape index (κ1) is 19.1. The number of aliphatic hydroxyl groups excluding tert-OH is 1. The summed E-state index contributed by atoms with van der Waals surface area (Å²) in [5.74, 6) is -0.902. The largest absolute Gasteiger partial charge is 0.461 e. The molecule has 0 heterocycles. The predicted molar refractivity (Wildman–Crippen MR) is 81.1 cm³/mol. The van der Waals surface area contributed by atoms with E-state index in [-0.39, 0.29) is 6.42 Å². The molecule has 2 rings (SSSR count). The Labute approximate surface area is 140 Å². The molecule has 0 spiro atoms. The minimum Gasteiger partial charge on any atom is -0.428 e. The monoisotopic (exact) mass is 361 g/mol. The van der Waals surface area contributed by atoms with E-state index in [1.54, 1.807) is 0 Å². The predicted octanol–water partition coefficient (Wildman–Crippen LogP) is 3.67. The van der Waals surface area contributed by atoms with Gasteiger partial charge < -0.3 is 15.6 Å². The summed E-state index contributed by atoms with van der Waals surface area (Å²) in [7, 11) is 0. The van der Waals surface area contributed by atoms with E-state index in [1.807, 2.05) is 0 Å². The molecule has 0 radical (unpaired) electrons. The van der Waals surface area contributed by atoms with E-state index in [0.717, 1.165) is 12.1 Å². The van der Waals surface area contributed by atoms with Gasteiger partial charge in [0.2, 0.25) is 0 Å². The van der Waals surface area contributed by atoms with Crippen LogP contribution in [-0.2, 0) is 6.42 Å². The molecule has 0 fully saturated rings. The zero-order chi connectivity index (χ0) is 18.6. The van der Waals surface area contributed by atoms with E-state index in [4.69, 9.17) is 5.73 Å². The molecule has 3 N–H and O–H groups in total. The van der Waals surface area contributed by atoms with Crippen LogP contribution in [0.4, 0.5) is 22.0 Å². The van der Waals surface area contributed by atoms with Crippen molar-refractivity contribution in [1.82, 2.24) is 0 Å². The lowest BCUT2D eigenvalue weighted by atomic mass is 9.97. The lowest BCUT2D eigenvalue weighted by molar-refractivity contribution is -0.253. The van der Waals surface area contributed by atoms with Crippen LogP contribution in [0.3, 0.4) is 0 Å². The van der Waals surface area contributed by atoms with Gasteiger partial charge in [-0.15, -0.1) is 0 Å². The lowest BCUT2D eigenvalue weighted by Crippen LogP contribution is -2.33. The SMILES string of the molecule is NC(Cc1cccc(OC(F)(F)C(F)F)c1)C(O)c1ccc(F)cc1. The number of hydrogen-bond donors (Lipinski definition) is 2. The molecule has 136 valence electrons. The molecular weight excluding hydrogens is 345 g/mol. The van der Waals surface area contributed by atoms with Crippen LogP contribution in [0.5, 0.6) is 5.75 Å².